The summed E-state index contributed by atoms with van der Waals surface area (Å²) in [6.45, 7) is 2.11. The van der Waals surface area contributed by atoms with Crippen molar-refractivity contribution in [1.82, 2.24) is 15.0 Å². The number of nitrogens with one attached hydrogen (secondary N) is 1. The predicted octanol–water partition coefficient (Wildman–Crippen LogP) is 3.30. The van der Waals surface area contributed by atoms with Crippen LogP contribution in [0.2, 0.25) is 0 Å². The molecule has 1 aromatic carbocycles. The number of nitrogens with zero attached hydrogens (tertiary/aromatic N) is 3. The number of nitrogens with two attached hydrogens (primary N) is 1. The Morgan fingerprint density at radius 3 is 2.95 bits per heavy atom. The van der Waals surface area contributed by atoms with E-state index in [2.05, 4.69) is 27.2 Å². The molecule has 0 bridgehead atoms. The van der Waals surface area contributed by atoms with E-state index in [1.54, 1.807) is 6.20 Å². The van der Waals surface area contributed by atoms with E-state index in [0.717, 1.165) is 40.7 Å². The number of benzene rings is 1. The summed E-state index contributed by atoms with van der Waals surface area (Å²) in [7, 11) is 0. The fraction of sp³-hybridized carbons (Fsp3) is 0.188. The number of aromatic nitrogens is 3. The Balaban J connectivity index is 2.05. The number of hydrogen-bond donors (Lipinski definition) is 2. The molecule has 5 nitrogen and oxygen atoms in total. The van der Waals surface area contributed by atoms with Gasteiger partial charge in [-0.3, -0.25) is 4.98 Å². The van der Waals surface area contributed by atoms with Crippen molar-refractivity contribution < 1.29 is 0 Å². The zero-order valence-electron chi connectivity index (χ0n) is 11.9. The lowest BCUT2D eigenvalue weighted by Crippen LogP contribution is -2.05. The molecule has 3 rings (SSSR count). The van der Waals surface area contributed by atoms with Crippen LogP contribution in [-0.4, -0.2) is 15.0 Å². The summed E-state index contributed by atoms with van der Waals surface area (Å²) in [5.41, 5.74) is 7.93. The smallest absolute Gasteiger partial charge is 0.139 e. The number of hydrogen-bond acceptors (Lipinski definition) is 5. The lowest BCUT2D eigenvalue weighted by Gasteiger charge is -2.13. The molecule has 0 aliphatic carbocycles. The van der Waals surface area contributed by atoms with Crippen LogP contribution >= 0.6 is 0 Å². The van der Waals surface area contributed by atoms with E-state index in [9.17, 15) is 0 Å². The number of rotatable bonds is 4. The molecule has 5 heteroatoms. The first-order valence-corrected chi connectivity index (χ1v) is 6.98. The average Bonchev–Trinajstić information content (AvgIpc) is 2.51. The van der Waals surface area contributed by atoms with Crippen molar-refractivity contribution in [3.63, 3.8) is 0 Å². The second-order valence-electron chi connectivity index (χ2n) is 4.86. The third-order valence-corrected chi connectivity index (χ3v) is 3.41. The van der Waals surface area contributed by atoms with Crippen molar-refractivity contribution in [2.45, 2.75) is 19.8 Å². The van der Waals surface area contributed by atoms with Gasteiger partial charge >= 0.3 is 0 Å². The second-order valence-corrected chi connectivity index (χ2v) is 4.86. The summed E-state index contributed by atoms with van der Waals surface area (Å²) < 4.78 is 0. The van der Waals surface area contributed by atoms with Crippen LogP contribution in [0.1, 0.15) is 18.9 Å². The molecule has 21 heavy (non-hydrogen) atoms. The number of anilines is 3. The van der Waals surface area contributed by atoms with Gasteiger partial charge in [-0.15, -0.1) is 0 Å². The monoisotopic (exact) mass is 279 g/mol. The van der Waals surface area contributed by atoms with Crippen molar-refractivity contribution >= 4 is 28.1 Å². The lowest BCUT2D eigenvalue weighted by molar-refractivity contribution is 0.908. The molecule has 0 radical (unpaired) electrons. The van der Waals surface area contributed by atoms with Crippen molar-refractivity contribution in [2.75, 3.05) is 11.1 Å². The highest BCUT2D eigenvalue weighted by atomic mass is 15.0. The van der Waals surface area contributed by atoms with Gasteiger partial charge in [-0.25, -0.2) is 9.97 Å². The molecule has 0 aliphatic rings. The molecule has 0 aliphatic heterocycles. The minimum absolute atomic E-state index is 0.538. The van der Waals surface area contributed by atoms with Crippen LogP contribution in [0.4, 0.5) is 17.3 Å². The zero-order valence-corrected chi connectivity index (χ0v) is 11.9. The van der Waals surface area contributed by atoms with E-state index >= 15 is 0 Å². The summed E-state index contributed by atoms with van der Waals surface area (Å²) in [6.07, 6.45) is 6.97. The molecule has 2 aromatic heterocycles. The number of pyridine rings is 1. The molecule has 106 valence electrons. The maximum atomic E-state index is 5.97. The molecular weight excluding hydrogens is 262 g/mol. The van der Waals surface area contributed by atoms with Crippen molar-refractivity contribution in [3.8, 4) is 0 Å². The highest BCUT2D eigenvalue weighted by Gasteiger charge is 2.10. The first-order valence-electron chi connectivity index (χ1n) is 6.98. The Kier molecular flexibility index (Phi) is 3.64. The molecule has 0 saturated heterocycles. The Morgan fingerprint density at radius 2 is 2.10 bits per heavy atom. The third-order valence-electron chi connectivity index (χ3n) is 3.41. The van der Waals surface area contributed by atoms with Gasteiger partial charge in [0.1, 0.15) is 18.0 Å². The van der Waals surface area contributed by atoms with Gasteiger partial charge in [0.2, 0.25) is 0 Å². The van der Waals surface area contributed by atoms with Gasteiger partial charge in [0.25, 0.3) is 0 Å². The van der Waals surface area contributed by atoms with Crippen LogP contribution in [0, 0.1) is 0 Å². The summed E-state index contributed by atoms with van der Waals surface area (Å²) in [6, 6.07) is 8.04. The molecule has 0 fully saturated rings. The van der Waals surface area contributed by atoms with Crippen LogP contribution in [0.3, 0.4) is 0 Å². The second kappa shape index (κ2) is 5.75. The van der Waals surface area contributed by atoms with Crippen LogP contribution in [0.25, 0.3) is 10.8 Å². The summed E-state index contributed by atoms with van der Waals surface area (Å²) >= 11 is 0. The first kappa shape index (κ1) is 13.3. The topological polar surface area (TPSA) is 76.7 Å². The molecular formula is C16H17N5. The van der Waals surface area contributed by atoms with Crippen LogP contribution < -0.4 is 11.1 Å². The van der Waals surface area contributed by atoms with Crippen LogP contribution in [-0.2, 0) is 6.42 Å². The number of nitrogen functional groups attached to an aromatic ring is 1. The maximum Gasteiger partial charge on any atom is 0.139 e. The van der Waals surface area contributed by atoms with Gasteiger partial charge in [-0.1, -0.05) is 25.5 Å². The van der Waals surface area contributed by atoms with Gasteiger partial charge < -0.3 is 11.1 Å². The SMILES string of the molecule is CCCc1c(N)ncnc1Nc1cccc2cnccc12. The molecule has 2 heterocycles. The third kappa shape index (κ3) is 2.63. The molecule has 0 atom stereocenters. The van der Waals surface area contributed by atoms with E-state index in [4.69, 9.17) is 5.73 Å². The van der Waals surface area contributed by atoms with E-state index < -0.39 is 0 Å². The minimum atomic E-state index is 0.538. The van der Waals surface area contributed by atoms with Gasteiger partial charge in [0.15, 0.2) is 0 Å². The Morgan fingerprint density at radius 1 is 1.19 bits per heavy atom. The standard InChI is InChI=1S/C16H17N5/c1-2-4-13-15(17)19-10-20-16(13)21-14-6-3-5-11-9-18-8-7-12(11)14/h3,5-10H,2,4H2,1H3,(H3,17,19,20,21). The molecule has 0 spiro atoms. The molecule has 0 saturated carbocycles. The molecule has 3 aromatic rings. The summed E-state index contributed by atoms with van der Waals surface area (Å²) in [5, 5.41) is 5.57. The number of fused-ring (bicyclic) bond motifs is 1. The normalized spacial score (nSPS) is 10.7. The van der Waals surface area contributed by atoms with Crippen molar-refractivity contribution in [3.05, 3.63) is 48.5 Å². The zero-order chi connectivity index (χ0) is 14.7. The van der Waals surface area contributed by atoms with E-state index in [0.29, 0.717) is 5.82 Å². The van der Waals surface area contributed by atoms with E-state index in [1.807, 2.05) is 30.5 Å². The van der Waals surface area contributed by atoms with Gasteiger partial charge in [-0.2, -0.15) is 0 Å². The maximum absolute atomic E-state index is 5.97. The van der Waals surface area contributed by atoms with Gasteiger partial charge in [0.05, 0.1) is 0 Å². The predicted molar refractivity (Wildman–Crippen MR) is 85.5 cm³/mol. The Hall–Kier alpha value is -2.69. The molecule has 0 amide bonds. The first-order chi connectivity index (χ1) is 10.3. The highest BCUT2D eigenvalue weighted by molar-refractivity contribution is 5.94. The van der Waals surface area contributed by atoms with E-state index in [-0.39, 0.29) is 0 Å². The van der Waals surface area contributed by atoms with Crippen LogP contribution in [0.5, 0.6) is 0 Å². The summed E-state index contributed by atoms with van der Waals surface area (Å²) in [4.78, 5) is 12.6. The van der Waals surface area contributed by atoms with Gasteiger partial charge in [0, 0.05) is 34.4 Å². The van der Waals surface area contributed by atoms with Gasteiger partial charge in [-0.05, 0) is 18.6 Å². The highest BCUT2D eigenvalue weighted by Crippen LogP contribution is 2.28. The fourth-order valence-electron chi connectivity index (χ4n) is 2.39. The van der Waals surface area contributed by atoms with E-state index in [1.165, 1.54) is 6.33 Å². The quantitative estimate of drug-likeness (QED) is 0.766. The fourth-order valence-corrected chi connectivity index (χ4v) is 2.39. The summed E-state index contributed by atoms with van der Waals surface area (Å²) in [5.74, 6) is 1.31. The van der Waals surface area contributed by atoms with Crippen molar-refractivity contribution in [2.24, 2.45) is 0 Å². The molecule has 3 N–H and O–H groups in total. The average molecular weight is 279 g/mol. The van der Waals surface area contributed by atoms with Crippen molar-refractivity contribution in [1.29, 1.82) is 0 Å². The lowest BCUT2D eigenvalue weighted by atomic mass is 10.1. The largest absolute Gasteiger partial charge is 0.383 e. The minimum Gasteiger partial charge on any atom is -0.383 e. The molecule has 0 unspecified atom stereocenters. The Bertz CT molecular complexity index is 764. The Labute approximate surface area is 123 Å². The van der Waals surface area contributed by atoms with Crippen LogP contribution in [0.15, 0.2) is 43.0 Å².